The van der Waals surface area contributed by atoms with Crippen LogP contribution in [0.15, 0.2) is 22.7 Å². The van der Waals surface area contributed by atoms with Crippen molar-refractivity contribution in [3.05, 3.63) is 28.2 Å². The number of carbonyl (C=O) groups excluding carboxylic acids is 1. The SMILES string of the molecule is CC(C)(C)OCCOc1c(Br)cccc1C=O. The average molecular weight is 301 g/mol. The van der Waals surface area contributed by atoms with Gasteiger partial charge in [-0.05, 0) is 48.8 Å². The quantitative estimate of drug-likeness (QED) is 0.617. The fourth-order valence-corrected chi connectivity index (χ4v) is 1.76. The summed E-state index contributed by atoms with van der Waals surface area (Å²) in [7, 11) is 0. The van der Waals surface area contributed by atoms with Crippen LogP contribution in [-0.2, 0) is 4.74 Å². The van der Waals surface area contributed by atoms with E-state index in [1.807, 2.05) is 26.8 Å². The van der Waals surface area contributed by atoms with Gasteiger partial charge in [-0.25, -0.2) is 0 Å². The van der Waals surface area contributed by atoms with E-state index in [1.165, 1.54) is 0 Å². The van der Waals surface area contributed by atoms with Crippen LogP contribution in [0.25, 0.3) is 0 Å². The van der Waals surface area contributed by atoms with Gasteiger partial charge in [0.15, 0.2) is 6.29 Å². The second-order valence-electron chi connectivity index (χ2n) is 4.59. The Labute approximate surface area is 110 Å². The van der Waals surface area contributed by atoms with Crippen LogP contribution in [0.5, 0.6) is 5.75 Å². The zero-order valence-corrected chi connectivity index (χ0v) is 11.9. The number of hydrogen-bond acceptors (Lipinski definition) is 3. The van der Waals surface area contributed by atoms with Crippen LogP contribution in [-0.4, -0.2) is 25.1 Å². The van der Waals surface area contributed by atoms with E-state index in [-0.39, 0.29) is 5.60 Å². The molecule has 0 aliphatic carbocycles. The first-order chi connectivity index (χ1) is 7.94. The molecule has 3 nitrogen and oxygen atoms in total. The number of carbonyl (C=O) groups is 1. The molecule has 0 saturated heterocycles. The van der Waals surface area contributed by atoms with Gasteiger partial charge >= 0.3 is 0 Å². The van der Waals surface area contributed by atoms with Crippen LogP contribution in [0.2, 0.25) is 0 Å². The van der Waals surface area contributed by atoms with Crippen molar-refractivity contribution in [1.82, 2.24) is 0 Å². The summed E-state index contributed by atoms with van der Waals surface area (Å²) in [5.74, 6) is 0.569. The molecular weight excluding hydrogens is 284 g/mol. The highest BCUT2D eigenvalue weighted by Gasteiger charge is 2.11. The van der Waals surface area contributed by atoms with Crippen LogP contribution in [0, 0.1) is 0 Å². The Morgan fingerprint density at radius 2 is 2.00 bits per heavy atom. The summed E-state index contributed by atoms with van der Waals surface area (Å²) in [4.78, 5) is 10.8. The third-order valence-electron chi connectivity index (χ3n) is 1.99. The summed E-state index contributed by atoms with van der Waals surface area (Å²) in [5, 5.41) is 0. The Bertz CT molecular complexity index is 383. The summed E-state index contributed by atoms with van der Waals surface area (Å²) in [6, 6.07) is 5.36. The Morgan fingerprint density at radius 1 is 1.29 bits per heavy atom. The van der Waals surface area contributed by atoms with Crippen LogP contribution < -0.4 is 4.74 Å². The topological polar surface area (TPSA) is 35.5 Å². The molecule has 1 rings (SSSR count). The summed E-state index contributed by atoms with van der Waals surface area (Å²) in [6.07, 6.45) is 0.782. The van der Waals surface area contributed by atoms with Crippen LogP contribution in [0.3, 0.4) is 0 Å². The molecule has 0 amide bonds. The zero-order chi connectivity index (χ0) is 12.9. The van der Waals surface area contributed by atoms with E-state index in [4.69, 9.17) is 9.47 Å². The molecule has 0 radical (unpaired) electrons. The monoisotopic (exact) mass is 300 g/mol. The lowest BCUT2D eigenvalue weighted by Crippen LogP contribution is -2.22. The van der Waals surface area contributed by atoms with Gasteiger partial charge in [0.05, 0.1) is 22.2 Å². The predicted octanol–water partition coefficient (Wildman–Crippen LogP) is 3.46. The third-order valence-corrected chi connectivity index (χ3v) is 2.61. The second kappa shape index (κ2) is 6.17. The van der Waals surface area contributed by atoms with E-state index in [9.17, 15) is 4.79 Å². The van der Waals surface area contributed by atoms with Crippen LogP contribution in [0.1, 0.15) is 31.1 Å². The molecule has 0 saturated carbocycles. The molecule has 0 fully saturated rings. The van der Waals surface area contributed by atoms with Gasteiger partial charge in [0.2, 0.25) is 0 Å². The first-order valence-electron chi connectivity index (χ1n) is 5.44. The number of benzene rings is 1. The smallest absolute Gasteiger partial charge is 0.153 e. The molecule has 0 N–H and O–H groups in total. The number of rotatable bonds is 5. The van der Waals surface area contributed by atoms with Gasteiger partial charge in [0.1, 0.15) is 12.4 Å². The molecule has 0 atom stereocenters. The number of para-hydroxylation sites is 1. The zero-order valence-electron chi connectivity index (χ0n) is 10.3. The highest BCUT2D eigenvalue weighted by molar-refractivity contribution is 9.10. The number of ether oxygens (including phenoxy) is 2. The molecule has 0 heterocycles. The molecule has 0 bridgehead atoms. The summed E-state index contributed by atoms with van der Waals surface area (Å²) >= 11 is 3.35. The Morgan fingerprint density at radius 3 is 2.59 bits per heavy atom. The lowest BCUT2D eigenvalue weighted by Gasteiger charge is -2.19. The molecule has 17 heavy (non-hydrogen) atoms. The normalized spacial score (nSPS) is 11.3. The van der Waals surface area contributed by atoms with Crippen LogP contribution >= 0.6 is 15.9 Å². The van der Waals surface area contributed by atoms with Gasteiger partial charge in [0, 0.05) is 0 Å². The molecule has 0 unspecified atom stereocenters. The van der Waals surface area contributed by atoms with E-state index in [0.717, 1.165) is 10.8 Å². The maximum atomic E-state index is 10.8. The Balaban J connectivity index is 2.54. The van der Waals surface area contributed by atoms with E-state index >= 15 is 0 Å². The van der Waals surface area contributed by atoms with Crippen molar-refractivity contribution >= 4 is 22.2 Å². The molecule has 0 spiro atoms. The standard InChI is InChI=1S/C13H17BrO3/c1-13(2,3)17-8-7-16-12-10(9-15)5-4-6-11(12)14/h4-6,9H,7-8H2,1-3H3. The van der Waals surface area contributed by atoms with Crippen molar-refractivity contribution in [2.75, 3.05) is 13.2 Å². The fraction of sp³-hybridized carbons (Fsp3) is 0.462. The van der Waals surface area contributed by atoms with Gasteiger partial charge in [-0.2, -0.15) is 0 Å². The molecule has 94 valence electrons. The lowest BCUT2D eigenvalue weighted by atomic mass is 10.2. The lowest BCUT2D eigenvalue weighted by molar-refractivity contribution is -0.0164. The number of halogens is 1. The second-order valence-corrected chi connectivity index (χ2v) is 5.44. The minimum Gasteiger partial charge on any atom is -0.489 e. The van der Waals surface area contributed by atoms with Crippen molar-refractivity contribution in [2.24, 2.45) is 0 Å². The van der Waals surface area contributed by atoms with E-state index in [1.54, 1.807) is 12.1 Å². The minimum atomic E-state index is -0.176. The van der Waals surface area contributed by atoms with Crippen molar-refractivity contribution in [1.29, 1.82) is 0 Å². The molecule has 0 aliphatic rings. The third kappa shape index (κ3) is 4.88. The van der Waals surface area contributed by atoms with Crippen LogP contribution in [0.4, 0.5) is 0 Å². The van der Waals surface area contributed by atoms with Gasteiger partial charge < -0.3 is 9.47 Å². The van der Waals surface area contributed by atoms with E-state index < -0.39 is 0 Å². The Kier molecular flexibility index (Phi) is 5.15. The first-order valence-corrected chi connectivity index (χ1v) is 6.24. The van der Waals surface area contributed by atoms with Crippen molar-refractivity contribution in [3.8, 4) is 5.75 Å². The molecular formula is C13H17BrO3. The average Bonchev–Trinajstić information content (AvgIpc) is 2.24. The van der Waals surface area contributed by atoms with Crippen molar-refractivity contribution in [2.45, 2.75) is 26.4 Å². The maximum Gasteiger partial charge on any atom is 0.153 e. The van der Waals surface area contributed by atoms with Crippen molar-refractivity contribution < 1.29 is 14.3 Å². The molecule has 1 aromatic rings. The van der Waals surface area contributed by atoms with Crippen molar-refractivity contribution in [3.63, 3.8) is 0 Å². The fourth-order valence-electron chi connectivity index (χ4n) is 1.26. The molecule has 0 aromatic heterocycles. The molecule has 4 heteroatoms. The summed E-state index contributed by atoms with van der Waals surface area (Å²) in [5.41, 5.74) is 0.361. The van der Waals surface area contributed by atoms with Gasteiger partial charge in [-0.15, -0.1) is 0 Å². The number of hydrogen-bond donors (Lipinski definition) is 0. The van der Waals surface area contributed by atoms with Gasteiger partial charge in [-0.3, -0.25) is 4.79 Å². The largest absolute Gasteiger partial charge is 0.489 e. The highest BCUT2D eigenvalue weighted by Crippen LogP contribution is 2.27. The number of aldehydes is 1. The molecule has 1 aromatic carbocycles. The molecule has 0 aliphatic heterocycles. The van der Waals surface area contributed by atoms with Gasteiger partial charge in [0.25, 0.3) is 0 Å². The maximum absolute atomic E-state index is 10.8. The van der Waals surface area contributed by atoms with E-state index in [0.29, 0.717) is 24.5 Å². The minimum absolute atomic E-state index is 0.176. The summed E-state index contributed by atoms with van der Waals surface area (Å²) < 4.78 is 11.9. The van der Waals surface area contributed by atoms with Gasteiger partial charge in [-0.1, -0.05) is 6.07 Å². The van der Waals surface area contributed by atoms with E-state index in [2.05, 4.69) is 15.9 Å². The highest BCUT2D eigenvalue weighted by atomic mass is 79.9. The summed E-state index contributed by atoms with van der Waals surface area (Å²) in [6.45, 7) is 6.87. The first kappa shape index (κ1) is 14.2. The Hall–Kier alpha value is -0.870. The predicted molar refractivity (Wildman–Crippen MR) is 70.7 cm³/mol.